The Labute approximate surface area is 147 Å². The predicted molar refractivity (Wildman–Crippen MR) is 92.2 cm³/mol. The van der Waals surface area contributed by atoms with Gasteiger partial charge in [-0.3, -0.25) is 0 Å². The molecule has 3 aliphatic rings. The van der Waals surface area contributed by atoms with Crippen LogP contribution in [-0.2, 0) is 4.74 Å². The lowest BCUT2D eigenvalue weighted by Crippen LogP contribution is -2.62. The van der Waals surface area contributed by atoms with Gasteiger partial charge in [-0.25, -0.2) is 9.78 Å². The van der Waals surface area contributed by atoms with Crippen LogP contribution in [0.5, 0.6) is 0 Å². The van der Waals surface area contributed by atoms with Crippen LogP contribution in [0.25, 0.3) is 0 Å². The number of carbonyl (C=O) groups is 1. The van der Waals surface area contributed by atoms with Crippen molar-refractivity contribution in [3.8, 4) is 6.07 Å². The van der Waals surface area contributed by atoms with Crippen molar-refractivity contribution >= 4 is 11.8 Å². The molecular weight excluding hydrogens is 318 g/mol. The number of hydrogen-bond acceptors (Lipinski definition) is 5. The molecule has 0 aromatic carbocycles. The third-order valence-electron chi connectivity index (χ3n) is 5.15. The van der Waals surface area contributed by atoms with Gasteiger partial charge in [0.15, 0.2) is 0 Å². The number of ether oxygens (including phenoxy) is 1. The van der Waals surface area contributed by atoms with Crippen LogP contribution in [0.15, 0.2) is 18.2 Å². The van der Waals surface area contributed by atoms with Gasteiger partial charge in [-0.05, 0) is 37.8 Å². The van der Waals surface area contributed by atoms with E-state index in [4.69, 9.17) is 10.00 Å². The van der Waals surface area contributed by atoms with Crippen LogP contribution in [0.2, 0.25) is 0 Å². The number of nitrogens with one attached hydrogen (secondary N) is 1. The molecule has 1 aromatic rings. The highest BCUT2D eigenvalue weighted by atomic mass is 16.5. The summed E-state index contributed by atoms with van der Waals surface area (Å²) < 4.78 is 6.16. The van der Waals surface area contributed by atoms with Crippen molar-refractivity contribution in [2.45, 2.75) is 37.3 Å². The second kappa shape index (κ2) is 6.52. The zero-order valence-corrected chi connectivity index (χ0v) is 14.3. The summed E-state index contributed by atoms with van der Waals surface area (Å²) in [6, 6.07) is 8.00. The first kappa shape index (κ1) is 16.2. The highest BCUT2D eigenvalue weighted by Gasteiger charge is 2.42. The SMILES string of the molecule is N#Cc1cccc(N2CCCC3(CN(C(=O)NC4CC4)CCO3)C2)n1. The molecule has 1 aliphatic carbocycles. The normalized spacial score (nSPS) is 26.4. The Hall–Kier alpha value is -2.33. The van der Waals surface area contributed by atoms with Crippen LogP contribution in [0.4, 0.5) is 10.6 Å². The van der Waals surface area contributed by atoms with E-state index in [0.29, 0.717) is 38.0 Å². The number of morpholine rings is 1. The minimum absolute atomic E-state index is 0.0342. The van der Waals surface area contributed by atoms with Gasteiger partial charge >= 0.3 is 6.03 Å². The summed E-state index contributed by atoms with van der Waals surface area (Å²) in [7, 11) is 0. The molecule has 7 heteroatoms. The van der Waals surface area contributed by atoms with E-state index in [-0.39, 0.29) is 11.6 Å². The largest absolute Gasteiger partial charge is 0.369 e. The molecule has 4 rings (SSSR count). The molecule has 1 N–H and O–H groups in total. The van der Waals surface area contributed by atoms with Crippen molar-refractivity contribution in [3.05, 3.63) is 23.9 Å². The number of pyridine rings is 1. The van der Waals surface area contributed by atoms with E-state index in [1.807, 2.05) is 17.0 Å². The van der Waals surface area contributed by atoms with Crippen molar-refractivity contribution in [3.63, 3.8) is 0 Å². The van der Waals surface area contributed by atoms with Crippen LogP contribution in [0.1, 0.15) is 31.4 Å². The van der Waals surface area contributed by atoms with Gasteiger partial charge in [-0.2, -0.15) is 5.26 Å². The lowest BCUT2D eigenvalue weighted by Gasteiger charge is -2.48. The number of carbonyl (C=O) groups excluding carboxylic acids is 1. The number of piperidine rings is 1. The number of hydrogen-bond donors (Lipinski definition) is 1. The minimum Gasteiger partial charge on any atom is -0.369 e. The third-order valence-corrected chi connectivity index (χ3v) is 5.15. The Morgan fingerprint density at radius 1 is 1.36 bits per heavy atom. The van der Waals surface area contributed by atoms with Crippen LogP contribution >= 0.6 is 0 Å². The number of aromatic nitrogens is 1. The first-order valence-corrected chi connectivity index (χ1v) is 8.99. The summed E-state index contributed by atoms with van der Waals surface area (Å²) in [4.78, 5) is 20.9. The molecule has 0 radical (unpaired) electrons. The molecule has 1 aromatic heterocycles. The first-order valence-electron chi connectivity index (χ1n) is 8.99. The number of anilines is 1. The Bertz CT molecular complexity index is 695. The van der Waals surface area contributed by atoms with Crippen LogP contribution in [-0.4, -0.2) is 60.3 Å². The Balaban J connectivity index is 1.47. The van der Waals surface area contributed by atoms with Gasteiger partial charge < -0.3 is 19.9 Å². The van der Waals surface area contributed by atoms with Crippen LogP contribution in [0.3, 0.4) is 0 Å². The molecule has 3 heterocycles. The number of nitriles is 1. The van der Waals surface area contributed by atoms with Gasteiger partial charge in [0.2, 0.25) is 0 Å². The second-order valence-electron chi connectivity index (χ2n) is 7.19. The fraction of sp³-hybridized carbons (Fsp3) is 0.611. The van der Waals surface area contributed by atoms with E-state index >= 15 is 0 Å². The van der Waals surface area contributed by atoms with E-state index in [1.165, 1.54) is 0 Å². The number of nitrogens with zero attached hydrogens (tertiary/aromatic N) is 4. The number of amides is 2. The molecule has 1 atom stereocenters. The van der Waals surface area contributed by atoms with E-state index in [0.717, 1.165) is 38.0 Å². The molecule has 1 saturated carbocycles. The summed E-state index contributed by atoms with van der Waals surface area (Å²) in [5.41, 5.74) is 0.0777. The fourth-order valence-electron chi connectivity index (χ4n) is 3.71. The Kier molecular flexibility index (Phi) is 4.22. The quantitative estimate of drug-likeness (QED) is 0.881. The average molecular weight is 341 g/mol. The van der Waals surface area contributed by atoms with Gasteiger partial charge in [0.1, 0.15) is 23.2 Å². The monoisotopic (exact) mass is 341 g/mol. The van der Waals surface area contributed by atoms with Gasteiger partial charge in [0, 0.05) is 19.1 Å². The maximum absolute atomic E-state index is 12.4. The molecule has 7 nitrogen and oxygen atoms in total. The summed E-state index contributed by atoms with van der Waals surface area (Å²) in [5, 5.41) is 12.1. The molecule has 2 amide bonds. The van der Waals surface area contributed by atoms with Crippen molar-refractivity contribution in [1.29, 1.82) is 5.26 Å². The van der Waals surface area contributed by atoms with E-state index < -0.39 is 0 Å². The summed E-state index contributed by atoms with van der Waals surface area (Å²) in [6.07, 6.45) is 4.11. The molecule has 3 fully saturated rings. The first-order chi connectivity index (χ1) is 12.2. The van der Waals surface area contributed by atoms with Gasteiger partial charge in [-0.15, -0.1) is 0 Å². The standard InChI is InChI=1S/C18H23N5O2/c19-11-15-3-1-4-16(20-15)22-8-2-7-18(12-22)13-23(9-10-25-18)17(24)21-14-5-6-14/h1,3-4,14H,2,5-10,12-13H2,(H,21,24). The summed E-state index contributed by atoms with van der Waals surface area (Å²) >= 11 is 0. The van der Waals surface area contributed by atoms with Gasteiger partial charge in [0.25, 0.3) is 0 Å². The molecule has 1 spiro atoms. The van der Waals surface area contributed by atoms with Crippen LogP contribution < -0.4 is 10.2 Å². The van der Waals surface area contributed by atoms with Gasteiger partial charge in [-0.1, -0.05) is 6.07 Å². The maximum Gasteiger partial charge on any atom is 0.317 e. The molecule has 1 unspecified atom stereocenters. The van der Waals surface area contributed by atoms with Crippen molar-refractivity contribution < 1.29 is 9.53 Å². The van der Waals surface area contributed by atoms with Crippen LogP contribution in [0, 0.1) is 11.3 Å². The van der Waals surface area contributed by atoms with E-state index in [2.05, 4.69) is 21.3 Å². The van der Waals surface area contributed by atoms with Gasteiger partial charge in [0.05, 0.1) is 19.7 Å². The van der Waals surface area contributed by atoms with Crippen molar-refractivity contribution in [2.75, 3.05) is 37.7 Å². The zero-order valence-electron chi connectivity index (χ0n) is 14.3. The molecular formula is C18H23N5O2. The van der Waals surface area contributed by atoms with Crippen molar-refractivity contribution in [2.24, 2.45) is 0 Å². The fourth-order valence-corrected chi connectivity index (χ4v) is 3.71. The summed E-state index contributed by atoms with van der Waals surface area (Å²) in [6.45, 7) is 3.41. The smallest absolute Gasteiger partial charge is 0.317 e. The lowest BCUT2D eigenvalue weighted by atomic mass is 9.90. The third kappa shape index (κ3) is 3.54. The molecule has 25 heavy (non-hydrogen) atoms. The maximum atomic E-state index is 12.4. The molecule has 0 bridgehead atoms. The van der Waals surface area contributed by atoms with E-state index in [1.54, 1.807) is 6.07 Å². The summed E-state index contributed by atoms with van der Waals surface area (Å²) in [5.74, 6) is 0.807. The predicted octanol–water partition coefficient (Wildman–Crippen LogP) is 1.50. The molecule has 2 aliphatic heterocycles. The van der Waals surface area contributed by atoms with E-state index in [9.17, 15) is 4.79 Å². The zero-order chi connectivity index (χ0) is 17.3. The number of urea groups is 1. The number of rotatable bonds is 2. The molecule has 2 saturated heterocycles. The highest BCUT2D eigenvalue weighted by molar-refractivity contribution is 5.75. The van der Waals surface area contributed by atoms with Crippen molar-refractivity contribution in [1.82, 2.24) is 15.2 Å². The minimum atomic E-state index is -0.346. The Morgan fingerprint density at radius 3 is 3.04 bits per heavy atom. The molecule has 132 valence electrons. The average Bonchev–Trinajstić information content (AvgIpc) is 3.46. The Morgan fingerprint density at radius 2 is 2.24 bits per heavy atom. The lowest BCUT2D eigenvalue weighted by molar-refractivity contribution is -0.103. The topological polar surface area (TPSA) is 81.5 Å². The second-order valence-corrected chi connectivity index (χ2v) is 7.19. The highest BCUT2D eigenvalue weighted by Crippen LogP contribution is 2.31.